The molecule has 0 spiro atoms. The normalized spacial score (nSPS) is 14.4. The lowest BCUT2D eigenvalue weighted by atomic mass is 10.0. The van der Waals surface area contributed by atoms with E-state index in [1.54, 1.807) is 19.1 Å². The molecule has 0 saturated carbocycles. The van der Waals surface area contributed by atoms with E-state index in [-0.39, 0.29) is 30.5 Å². The first-order valence-corrected chi connectivity index (χ1v) is 8.90. The first kappa shape index (κ1) is 23.7. The molecule has 0 amide bonds. The average molecular weight is 518 g/mol. The van der Waals surface area contributed by atoms with Crippen LogP contribution in [0.2, 0.25) is 0 Å². The zero-order chi connectivity index (χ0) is 19.2. The molecule has 0 aliphatic carbocycles. The Bertz CT molecular complexity index is 718. The minimum absolute atomic E-state index is 0. The first-order chi connectivity index (χ1) is 12.2. The number of guanidine groups is 1. The third kappa shape index (κ3) is 7.30. The van der Waals surface area contributed by atoms with Gasteiger partial charge < -0.3 is 20.2 Å². The van der Waals surface area contributed by atoms with Crippen molar-refractivity contribution < 1.29 is 22.7 Å². The Morgan fingerprint density at radius 3 is 2.67 bits per heavy atom. The zero-order valence-electron chi connectivity index (χ0n) is 14.8. The molecule has 6 nitrogen and oxygen atoms in total. The standard InChI is InChI=1S/C16H21F3N4O2S.HI/c1-3-20-14(22-10-15(2,24)12-5-4-8-25-12)21-7-6-13-23-11(9-26-13)16(17,18)19;/h4-5,8-9,24H,3,6-7,10H2,1-2H3,(H2,20,21,22);1H. The number of nitrogens with one attached hydrogen (secondary N) is 2. The van der Waals surface area contributed by atoms with Crippen molar-refractivity contribution in [3.63, 3.8) is 0 Å². The maximum atomic E-state index is 12.5. The van der Waals surface area contributed by atoms with Gasteiger partial charge in [0.05, 0.1) is 17.8 Å². The summed E-state index contributed by atoms with van der Waals surface area (Å²) < 4.78 is 42.8. The fourth-order valence-electron chi connectivity index (χ4n) is 2.08. The van der Waals surface area contributed by atoms with Crippen LogP contribution in [0.4, 0.5) is 13.2 Å². The minimum atomic E-state index is -4.42. The van der Waals surface area contributed by atoms with Crippen LogP contribution in [0.25, 0.3) is 0 Å². The van der Waals surface area contributed by atoms with Crippen LogP contribution in [0.1, 0.15) is 30.3 Å². The molecule has 11 heteroatoms. The van der Waals surface area contributed by atoms with E-state index in [1.165, 1.54) is 6.26 Å². The van der Waals surface area contributed by atoms with Crippen molar-refractivity contribution in [2.45, 2.75) is 32.0 Å². The molecule has 0 aliphatic heterocycles. The largest absolute Gasteiger partial charge is 0.466 e. The molecule has 2 aromatic heterocycles. The summed E-state index contributed by atoms with van der Waals surface area (Å²) in [7, 11) is 0. The van der Waals surface area contributed by atoms with Gasteiger partial charge in [0.2, 0.25) is 0 Å². The van der Waals surface area contributed by atoms with Crippen LogP contribution >= 0.6 is 35.3 Å². The summed E-state index contributed by atoms with van der Waals surface area (Å²) in [5, 5.41) is 17.8. The molecule has 152 valence electrons. The Morgan fingerprint density at radius 2 is 2.11 bits per heavy atom. The number of aliphatic imine (C=N–C) groups is 1. The molecule has 0 fully saturated rings. The number of rotatable bonds is 7. The summed E-state index contributed by atoms with van der Waals surface area (Å²) >= 11 is 0.974. The van der Waals surface area contributed by atoms with Gasteiger partial charge >= 0.3 is 6.18 Å². The van der Waals surface area contributed by atoms with Crippen LogP contribution in [0.5, 0.6) is 0 Å². The van der Waals surface area contributed by atoms with E-state index >= 15 is 0 Å². The summed E-state index contributed by atoms with van der Waals surface area (Å²) in [6.45, 7) is 4.50. The molecule has 2 aromatic rings. The van der Waals surface area contributed by atoms with Crippen LogP contribution in [0, 0.1) is 0 Å². The fourth-order valence-corrected chi connectivity index (χ4v) is 2.89. The number of nitrogens with zero attached hydrogens (tertiary/aromatic N) is 2. The van der Waals surface area contributed by atoms with Gasteiger partial charge in [-0.1, -0.05) is 0 Å². The maximum absolute atomic E-state index is 12.5. The number of hydrogen-bond donors (Lipinski definition) is 3. The van der Waals surface area contributed by atoms with Gasteiger partial charge in [-0.05, 0) is 26.0 Å². The number of furan rings is 1. The van der Waals surface area contributed by atoms with Crippen molar-refractivity contribution in [3.05, 3.63) is 40.2 Å². The Hall–Kier alpha value is -1.34. The summed E-state index contributed by atoms with van der Waals surface area (Å²) in [6, 6.07) is 3.34. The predicted octanol–water partition coefficient (Wildman–Crippen LogP) is 3.38. The smallest absolute Gasteiger partial charge is 0.434 e. The monoisotopic (exact) mass is 518 g/mol. The highest BCUT2D eigenvalue weighted by Gasteiger charge is 2.33. The van der Waals surface area contributed by atoms with E-state index < -0.39 is 17.5 Å². The number of halogens is 4. The topological polar surface area (TPSA) is 82.7 Å². The lowest BCUT2D eigenvalue weighted by Crippen LogP contribution is -2.39. The predicted molar refractivity (Wildman–Crippen MR) is 108 cm³/mol. The van der Waals surface area contributed by atoms with E-state index in [0.29, 0.717) is 36.2 Å². The zero-order valence-corrected chi connectivity index (χ0v) is 18.0. The molecule has 3 N–H and O–H groups in total. The van der Waals surface area contributed by atoms with Crippen molar-refractivity contribution >= 4 is 41.3 Å². The highest BCUT2D eigenvalue weighted by atomic mass is 127. The van der Waals surface area contributed by atoms with E-state index in [2.05, 4.69) is 20.6 Å². The van der Waals surface area contributed by atoms with E-state index in [0.717, 1.165) is 16.7 Å². The van der Waals surface area contributed by atoms with Gasteiger partial charge in [-0.15, -0.1) is 35.3 Å². The number of thiazole rings is 1. The molecular weight excluding hydrogens is 496 g/mol. The van der Waals surface area contributed by atoms with Crippen LogP contribution in [-0.4, -0.2) is 35.7 Å². The van der Waals surface area contributed by atoms with Gasteiger partial charge in [0.15, 0.2) is 11.7 Å². The maximum Gasteiger partial charge on any atom is 0.434 e. The second-order valence-electron chi connectivity index (χ2n) is 5.75. The molecule has 0 aromatic carbocycles. The molecule has 2 rings (SSSR count). The number of aromatic nitrogens is 1. The lowest BCUT2D eigenvalue weighted by molar-refractivity contribution is -0.140. The summed E-state index contributed by atoms with van der Waals surface area (Å²) in [5.74, 6) is 0.853. The SMILES string of the molecule is CCNC(=NCC(C)(O)c1ccco1)NCCc1nc(C(F)(F)F)cs1.I. The van der Waals surface area contributed by atoms with Crippen molar-refractivity contribution in [3.8, 4) is 0 Å². The van der Waals surface area contributed by atoms with Crippen molar-refractivity contribution in [1.82, 2.24) is 15.6 Å². The Morgan fingerprint density at radius 1 is 1.37 bits per heavy atom. The van der Waals surface area contributed by atoms with Gasteiger partial charge in [-0.2, -0.15) is 13.2 Å². The summed E-state index contributed by atoms with van der Waals surface area (Å²) in [5.41, 5.74) is -2.13. The summed E-state index contributed by atoms with van der Waals surface area (Å²) in [4.78, 5) is 7.89. The lowest BCUT2D eigenvalue weighted by Gasteiger charge is -2.19. The molecule has 27 heavy (non-hydrogen) atoms. The number of hydrogen-bond acceptors (Lipinski definition) is 5. The van der Waals surface area contributed by atoms with Crippen molar-refractivity contribution in [2.24, 2.45) is 4.99 Å². The third-order valence-electron chi connectivity index (χ3n) is 3.41. The Labute approximate surface area is 176 Å². The second kappa shape index (κ2) is 10.3. The van der Waals surface area contributed by atoms with Crippen LogP contribution in [-0.2, 0) is 18.2 Å². The summed E-state index contributed by atoms with van der Waals surface area (Å²) in [6.07, 6.45) is -2.62. The number of aliphatic hydroxyl groups is 1. The van der Waals surface area contributed by atoms with Gasteiger partial charge in [0, 0.05) is 24.9 Å². The molecule has 2 heterocycles. The van der Waals surface area contributed by atoms with Crippen LogP contribution in [0.15, 0.2) is 33.2 Å². The molecule has 0 radical (unpaired) electrons. The van der Waals surface area contributed by atoms with Crippen molar-refractivity contribution in [2.75, 3.05) is 19.6 Å². The first-order valence-electron chi connectivity index (χ1n) is 8.02. The molecule has 1 unspecified atom stereocenters. The molecular formula is C16H22F3IN4O2S. The fraction of sp³-hybridized carbons (Fsp3) is 0.500. The van der Waals surface area contributed by atoms with Crippen LogP contribution in [0.3, 0.4) is 0 Å². The minimum Gasteiger partial charge on any atom is -0.466 e. The molecule has 0 bridgehead atoms. The van der Waals surface area contributed by atoms with E-state index in [9.17, 15) is 18.3 Å². The highest BCUT2D eigenvalue weighted by Crippen LogP contribution is 2.30. The third-order valence-corrected chi connectivity index (χ3v) is 4.32. The van der Waals surface area contributed by atoms with Gasteiger partial charge in [-0.25, -0.2) is 9.98 Å². The van der Waals surface area contributed by atoms with E-state index in [4.69, 9.17) is 4.42 Å². The van der Waals surface area contributed by atoms with Gasteiger partial charge in [-0.3, -0.25) is 0 Å². The Kier molecular flexibility index (Phi) is 9.02. The van der Waals surface area contributed by atoms with E-state index in [1.807, 2.05) is 6.92 Å². The highest BCUT2D eigenvalue weighted by molar-refractivity contribution is 14.0. The van der Waals surface area contributed by atoms with Crippen molar-refractivity contribution in [1.29, 1.82) is 0 Å². The second-order valence-corrected chi connectivity index (χ2v) is 6.69. The quantitative estimate of drug-likeness (QED) is 0.298. The molecule has 0 aliphatic rings. The average Bonchev–Trinajstić information content (AvgIpc) is 3.24. The van der Waals surface area contributed by atoms with Gasteiger partial charge in [0.25, 0.3) is 0 Å². The van der Waals surface area contributed by atoms with Crippen LogP contribution < -0.4 is 10.6 Å². The molecule has 1 atom stereocenters. The van der Waals surface area contributed by atoms with Gasteiger partial charge in [0.1, 0.15) is 11.4 Å². The number of alkyl halides is 3. The Balaban J connectivity index is 0.00000364. The molecule has 0 saturated heterocycles.